The molecule has 0 N–H and O–H groups in total. The van der Waals surface area contributed by atoms with E-state index in [9.17, 15) is 0 Å². The standard InChI is InChI=1S/C8H7ClN4S/c1-13-5-6(4-12-13)14-8-7(9)10-2-3-11-8/h2-5H,1H3. The van der Waals surface area contributed by atoms with E-state index >= 15 is 0 Å². The summed E-state index contributed by atoms with van der Waals surface area (Å²) in [6, 6.07) is 0. The van der Waals surface area contributed by atoms with Crippen molar-refractivity contribution in [3.8, 4) is 0 Å². The van der Waals surface area contributed by atoms with Crippen LogP contribution in [0.25, 0.3) is 0 Å². The summed E-state index contributed by atoms with van der Waals surface area (Å²) >= 11 is 7.31. The van der Waals surface area contributed by atoms with Crippen molar-refractivity contribution in [3.63, 3.8) is 0 Å². The Hall–Kier alpha value is -1.07. The van der Waals surface area contributed by atoms with Gasteiger partial charge in [-0.2, -0.15) is 5.10 Å². The smallest absolute Gasteiger partial charge is 0.161 e. The third kappa shape index (κ3) is 2.05. The van der Waals surface area contributed by atoms with Gasteiger partial charge in [-0.1, -0.05) is 23.4 Å². The van der Waals surface area contributed by atoms with Gasteiger partial charge in [0.25, 0.3) is 0 Å². The maximum absolute atomic E-state index is 5.86. The Morgan fingerprint density at radius 1 is 1.36 bits per heavy atom. The van der Waals surface area contributed by atoms with Gasteiger partial charge >= 0.3 is 0 Å². The van der Waals surface area contributed by atoms with E-state index < -0.39 is 0 Å². The van der Waals surface area contributed by atoms with E-state index in [1.54, 1.807) is 23.3 Å². The third-order valence-electron chi connectivity index (χ3n) is 1.52. The van der Waals surface area contributed by atoms with Crippen LogP contribution >= 0.6 is 23.4 Å². The minimum absolute atomic E-state index is 0.418. The zero-order chi connectivity index (χ0) is 9.97. The molecule has 0 saturated heterocycles. The minimum atomic E-state index is 0.418. The monoisotopic (exact) mass is 226 g/mol. The van der Waals surface area contributed by atoms with Gasteiger partial charge < -0.3 is 0 Å². The second-order valence-corrected chi connectivity index (χ2v) is 4.02. The van der Waals surface area contributed by atoms with Crippen molar-refractivity contribution in [2.75, 3.05) is 0 Å². The molecule has 6 heteroatoms. The molecule has 0 bridgehead atoms. The molecule has 4 nitrogen and oxygen atoms in total. The molecule has 0 atom stereocenters. The fourth-order valence-electron chi connectivity index (χ4n) is 0.940. The molecular weight excluding hydrogens is 220 g/mol. The zero-order valence-electron chi connectivity index (χ0n) is 7.38. The lowest BCUT2D eigenvalue weighted by Crippen LogP contribution is -1.84. The molecule has 0 aliphatic carbocycles. The van der Waals surface area contributed by atoms with Crippen LogP contribution in [0.4, 0.5) is 0 Å². The highest BCUT2D eigenvalue weighted by molar-refractivity contribution is 7.99. The van der Waals surface area contributed by atoms with Gasteiger partial charge in [-0.15, -0.1) is 0 Å². The van der Waals surface area contributed by atoms with E-state index in [4.69, 9.17) is 11.6 Å². The van der Waals surface area contributed by atoms with Crippen molar-refractivity contribution < 1.29 is 0 Å². The summed E-state index contributed by atoms with van der Waals surface area (Å²) in [6.45, 7) is 0. The number of hydrogen-bond donors (Lipinski definition) is 0. The van der Waals surface area contributed by atoms with Crippen molar-refractivity contribution in [3.05, 3.63) is 29.9 Å². The molecule has 14 heavy (non-hydrogen) atoms. The van der Waals surface area contributed by atoms with Crippen LogP contribution in [0.15, 0.2) is 34.7 Å². The summed E-state index contributed by atoms with van der Waals surface area (Å²) in [5.74, 6) is 0. The van der Waals surface area contributed by atoms with Crippen LogP contribution < -0.4 is 0 Å². The van der Waals surface area contributed by atoms with Crippen LogP contribution in [0.3, 0.4) is 0 Å². The van der Waals surface area contributed by atoms with Crippen LogP contribution in [0.2, 0.25) is 5.15 Å². The molecule has 2 heterocycles. The van der Waals surface area contributed by atoms with E-state index in [0.29, 0.717) is 10.2 Å². The number of hydrogen-bond acceptors (Lipinski definition) is 4. The van der Waals surface area contributed by atoms with E-state index in [1.807, 2.05) is 13.2 Å². The Labute approximate surface area is 90.3 Å². The van der Waals surface area contributed by atoms with Gasteiger partial charge in [0.2, 0.25) is 0 Å². The van der Waals surface area contributed by atoms with Crippen molar-refractivity contribution in [1.82, 2.24) is 19.7 Å². The molecule has 0 spiro atoms. The molecule has 0 unspecified atom stereocenters. The van der Waals surface area contributed by atoms with Crippen LogP contribution in [-0.4, -0.2) is 19.7 Å². The molecule has 2 aromatic rings. The second-order valence-electron chi connectivity index (χ2n) is 2.60. The minimum Gasteiger partial charge on any atom is -0.275 e. The summed E-state index contributed by atoms with van der Waals surface area (Å²) in [5.41, 5.74) is 0. The van der Waals surface area contributed by atoms with Gasteiger partial charge in [-0.05, 0) is 0 Å². The average Bonchev–Trinajstić information content (AvgIpc) is 2.56. The number of nitrogens with zero attached hydrogens (tertiary/aromatic N) is 4. The second kappa shape index (κ2) is 3.98. The number of halogens is 1. The molecule has 0 amide bonds. The van der Waals surface area contributed by atoms with E-state index in [-0.39, 0.29) is 0 Å². The summed E-state index contributed by atoms with van der Waals surface area (Å²) in [6.07, 6.45) is 6.84. The Kier molecular flexibility index (Phi) is 2.69. The third-order valence-corrected chi connectivity index (χ3v) is 2.85. The Morgan fingerprint density at radius 2 is 2.14 bits per heavy atom. The Morgan fingerprint density at radius 3 is 2.79 bits per heavy atom. The quantitative estimate of drug-likeness (QED) is 0.786. The highest BCUT2D eigenvalue weighted by Gasteiger charge is 2.05. The first-order chi connectivity index (χ1) is 6.75. The number of rotatable bonds is 2. The largest absolute Gasteiger partial charge is 0.275 e. The normalized spacial score (nSPS) is 10.4. The van der Waals surface area contributed by atoms with Gasteiger partial charge in [-0.3, -0.25) is 4.68 Å². The van der Waals surface area contributed by atoms with Crippen molar-refractivity contribution in [2.24, 2.45) is 7.05 Å². The first-order valence-electron chi connectivity index (χ1n) is 3.89. The average molecular weight is 227 g/mol. The highest BCUT2D eigenvalue weighted by Crippen LogP contribution is 2.29. The van der Waals surface area contributed by atoms with Crippen LogP contribution in [-0.2, 0) is 7.05 Å². The molecule has 0 aliphatic heterocycles. The van der Waals surface area contributed by atoms with Crippen LogP contribution in [0.1, 0.15) is 0 Å². The molecule has 2 aromatic heterocycles. The highest BCUT2D eigenvalue weighted by atomic mass is 35.5. The number of aryl methyl sites for hydroxylation is 1. The Balaban J connectivity index is 2.23. The molecular formula is C8H7ClN4S. The first-order valence-corrected chi connectivity index (χ1v) is 5.08. The Bertz CT molecular complexity index is 442. The lowest BCUT2D eigenvalue weighted by molar-refractivity contribution is 0.766. The van der Waals surface area contributed by atoms with Crippen molar-refractivity contribution in [1.29, 1.82) is 0 Å². The summed E-state index contributed by atoms with van der Waals surface area (Å²) in [5, 5.41) is 5.16. The predicted molar refractivity (Wildman–Crippen MR) is 54.4 cm³/mol. The molecule has 72 valence electrons. The molecule has 0 aromatic carbocycles. The van der Waals surface area contributed by atoms with Crippen molar-refractivity contribution in [2.45, 2.75) is 9.92 Å². The van der Waals surface area contributed by atoms with Gasteiger partial charge in [0.1, 0.15) is 5.03 Å². The van der Waals surface area contributed by atoms with E-state index in [1.165, 1.54) is 11.8 Å². The molecule has 0 saturated carbocycles. The summed E-state index contributed by atoms with van der Waals surface area (Å²) < 4.78 is 1.73. The van der Waals surface area contributed by atoms with Crippen LogP contribution in [0.5, 0.6) is 0 Å². The fraction of sp³-hybridized carbons (Fsp3) is 0.125. The SMILES string of the molecule is Cn1cc(Sc2nccnc2Cl)cn1. The van der Waals surface area contributed by atoms with Gasteiger partial charge in [0.15, 0.2) is 5.15 Å². The van der Waals surface area contributed by atoms with E-state index in [0.717, 1.165) is 4.90 Å². The molecule has 0 radical (unpaired) electrons. The fourth-order valence-corrected chi connectivity index (χ4v) is 1.94. The molecule has 0 fully saturated rings. The van der Waals surface area contributed by atoms with E-state index in [2.05, 4.69) is 15.1 Å². The molecule has 0 aliphatic rings. The molecule has 2 rings (SSSR count). The predicted octanol–water partition coefficient (Wildman–Crippen LogP) is 2.01. The summed E-state index contributed by atoms with van der Waals surface area (Å²) in [4.78, 5) is 9.05. The van der Waals surface area contributed by atoms with Crippen molar-refractivity contribution >= 4 is 23.4 Å². The lowest BCUT2D eigenvalue weighted by atomic mass is 10.7. The van der Waals surface area contributed by atoms with Gasteiger partial charge in [-0.25, -0.2) is 9.97 Å². The van der Waals surface area contributed by atoms with Crippen LogP contribution in [0, 0.1) is 0 Å². The van der Waals surface area contributed by atoms with Gasteiger partial charge in [0.05, 0.1) is 11.1 Å². The maximum Gasteiger partial charge on any atom is 0.161 e. The summed E-state index contributed by atoms with van der Waals surface area (Å²) in [7, 11) is 1.86. The topological polar surface area (TPSA) is 43.6 Å². The lowest BCUT2D eigenvalue weighted by Gasteiger charge is -1.97. The zero-order valence-corrected chi connectivity index (χ0v) is 8.96. The first kappa shape index (κ1) is 9.48. The maximum atomic E-state index is 5.86. The number of aromatic nitrogens is 4. The van der Waals surface area contributed by atoms with Gasteiger partial charge in [0, 0.05) is 25.6 Å².